The van der Waals surface area contributed by atoms with Crippen LogP contribution in [-0.2, 0) is 26.0 Å². The summed E-state index contributed by atoms with van der Waals surface area (Å²) in [6, 6.07) is 19.1. The quantitative estimate of drug-likeness (QED) is 0.331. The molecule has 4 rings (SSSR count). The molecule has 3 aromatic rings. The third-order valence-corrected chi connectivity index (χ3v) is 7.12. The number of fused-ring (bicyclic) bond motifs is 1. The van der Waals surface area contributed by atoms with Gasteiger partial charge in [-0.1, -0.05) is 48.0 Å². The van der Waals surface area contributed by atoms with Crippen molar-refractivity contribution >= 4 is 27.6 Å². The third-order valence-electron chi connectivity index (χ3n) is 5.68. The predicted molar refractivity (Wildman–Crippen MR) is 129 cm³/mol. The van der Waals surface area contributed by atoms with Gasteiger partial charge in [-0.2, -0.15) is 0 Å². The number of anilines is 1. The summed E-state index contributed by atoms with van der Waals surface area (Å²) in [7, 11) is -3.73. The van der Waals surface area contributed by atoms with Crippen molar-refractivity contribution < 1.29 is 33.0 Å². The van der Waals surface area contributed by atoms with Crippen LogP contribution in [0.1, 0.15) is 11.1 Å². The summed E-state index contributed by atoms with van der Waals surface area (Å²) in [6.45, 7) is 2.13. The fourth-order valence-electron chi connectivity index (χ4n) is 3.81. The number of aliphatic carboxylic acids is 2. The first-order chi connectivity index (χ1) is 16.6. The van der Waals surface area contributed by atoms with E-state index in [1.54, 1.807) is 30.3 Å². The summed E-state index contributed by atoms with van der Waals surface area (Å²) in [4.78, 5) is 22.2. The topological polar surface area (TPSA) is 142 Å². The summed E-state index contributed by atoms with van der Waals surface area (Å²) in [5, 5.41) is 21.1. The van der Waals surface area contributed by atoms with Crippen LogP contribution in [0.15, 0.2) is 71.6 Å². The molecule has 0 saturated carbocycles. The average molecular weight is 497 g/mol. The smallest absolute Gasteiger partial charge is 0.356 e. The third kappa shape index (κ3) is 5.61. The van der Waals surface area contributed by atoms with Gasteiger partial charge in [0.2, 0.25) is 10.0 Å². The van der Waals surface area contributed by atoms with Gasteiger partial charge < -0.3 is 20.3 Å². The van der Waals surface area contributed by atoms with Gasteiger partial charge in [-0.15, -0.1) is 0 Å². The number of nitrogens with one attached hydrogen (secondary N) is 2. The van der Waals surface area contributed by atoms with Crippen LogP contribution >= 0.6 is 0 Å². The van der Waals surface area contributed by atoms with Gasteiger partial charge in [-0.05, 0) is 48.2 Å². The van der Waals surface area contributed by atoms with Crippen molar-refractivity contribution in [1.29, 1.82) is 0 Å². The van der Waals surface area contributed by atoms with Crippen molar-refractivity contribution in [3.8, 4) is 16.9 Å². The van der Waals surface area contributed by atoms with Crippen molar-refractivity contribution in [3.63, 3.8) is 0 Å². The minimum atomic E-state index is -3.73. The minimum absolute atomic E-state index is 0.0842. The zero-order chi connectivity index (χ0) is 25.2. The maximum atomic E-state index is 12.8. The molecule has 0 saturated heterocycles. The highest BCUT2D eigenvalue weighted by Gasteiger charge is 2.29. The number of hydrogen-bond donors (Lipinski definition) is 4. The van der Waals surface area contributed by atoms with Gasteiger partial charge in [0.05, 0.1) is 4.90 Å². The SMILES string of the molecule is Cc1ccc(-c2ccc(S(=O)(=O)NCC3Cc4ccc(OC(C(=O)O)C(=O)O)cc4N3)cc2)cc1. The lowest BCUT2D eigenvalue weighted by Crippen LogP contribution is -2.35. The second kappa shape index (κ2) is 9.77. The predicted octanol–water partition coefficient (Wildman–Crippen LogP) is 2.89. The zero-order valence-electron chi connectivity index (χ0n) is 18.8. The Morgan fingerprint density at radius 1 is 1.00 bits per heavy atom. The highest BCUT2D eigenvalue weighted by Crippen LogP contribution is 2.30. The van der Waals surface area contributed by atoms with Gasteiger partial charge in [0, 0.05) is 24.3 Å². The van der Waals surface area contributed by atoms with Crippen molar-refractivity contribution in [1.82, 2.24) is 4.72 Å². The Morgan fingerprint density at radius 2 is 1.60 bits per heavy atom. The van der Waals surface area contributed by atoms with Gasteiger partial charge in [0.25, 0.3) is 6.10 Å². The highest BCUT2D eigenvalue weighted by atomic mass is 32.2. The second-order valence-electron chi connectivity index (χ2n) is 8.28. The molecule has 1 aliphatic heterocycles. The lowest BCUT2D eigenvalue weighted by Gasteiger charge is -2.14. The summed E-state index contributed by atoms with van der Waals surface area (Å²) >= 11 is 0. The fourth-order valence-corrected chi connectivity index (χ4v) is 4.89. The number of aryl methyl sites for hydroxylation is 1. The summed E-state index contributed by atoms with van der Waals surface area (Å²) in [5.74, 6) is -3.13. The summed E-state index contributed by atoms with van der Waals surface area (Å²) in [5.41, 5.74) is 4.58. The van der Waals surface area contributed by atoms with E-state index in [2.05, 4.69) is 10.0 Å². The molecule has 1 unspecified atom stereocenters. The average Bonchev–Trinajstić information content (AvgIpc) is 3.24. The lowest BCUT2D eigenvalue weighted by atomic mass is 10.0. The van der Waals surface area contributed by atoms with Crippen LogP contribution in [0.5, 0.6) is 5.75 Å². The molecule has 1 heterocycles. The Morgan fingerprint density at radius 3 is 2.20 bits per heavy atom. The maximum Gasteiger partial charge on any atom is 0.356 e. The molecule has 10 heteroatoms. The van der Waals surface area contributed by atoms with E-state index in [4.69, 9.17) is 14.9 Å². The van der Waals surface area contributed by atoms with Crippen LogP contribution in [0.25, 0.3) is 11.1 Å². The zero-order valence-corrected chi connectivity index (χ0v) is 19.6. The van der Waals surface area contributed by atoms with Crippen molar-refractivity contribution in [2.45, 2.75) is 30.4 Å². The number of carboxylic acid groups (broad SMARTS) is 2. The van der Waals surface area contributed by atoms with E-state index in [1.165, 1.54) is 12.1 Å². The largest absolute Gasteiger partial charge is 0.478 e. The van der Waals surface area contributed by atoms with Gasteiger partial charge >= 0.3 is 11.9 Å². The molecule has 0 amide bonds. The van der Waals surface area contributed by atoms with E-state index < -0.39 is 28.1 Å². The van der Waals surface area contributed by atoms with E-state index in [0.29, 0.717) is 12.1 Å². The number of carbonyl (C=O) groups is 2. The molecule has 0 radical (unpaired) electrons. The van der Waals surface area contributed by atoms with Gasteiger partial charge in [0.15, 0.2) is 0 Å². The van der Waals surface area contributed by atoms with Crippen LogP contribution in [0, 0.1) is 6.92 Å². The highest BCUT2D eigenvalue weighted by molar-refractivity contribution is 7.89. The lowest BCUT2D eigenvalue weighted by molar-refractivity contribution is -0.159. The molecule has 0 aromatic heterocycles. The fraction of sp³-hybridized carbons (Fsp3) is 0.200. The van der Waals surface area contributed by atoms with Gasteiger partial charge in [-0.3, -0.25) is 0 Å². The molecule has 1 atom stereocenters. The van der Waals surface area contributed by atoms with Crippen LogP contribution in [-0.4, -0.2) is 49.3 Å². The maximum absolute atomic E-state index is 12.8. The Kier molecular flexibility index (Phi) is 6.77. The Bertz CT molecular complexity index is 1340. The van der Waals surface area contributed by atoms with Crippen LogP contribution in [0.3, 0.4) is 0 Å². The van der Waals surface area contributed by atoms with Crippen LogP contribution in [0.2, 0.25) is 0 Å². The van der Waals surface area contributed by atoms with Crippen LogP contribution in [0.4, 0.5) is 5.69 Å². The van der Waals surface area contributed by atoms with Gasteiger partial charge in [-0.25, -0.2) is 22.7 Å². The molecule has 1 aliphatic rings. The van der Waals surface area contributed by atoms with E-state index in [9.17, 15) is 18.0 Å². The molecule has 0 bridgehead atoms. The van der Waals surface area contributed by atoms with Crippen molar-refractivity contribution in [2.75, 3.05) is 11.9 Å². The molecule has 182 valence electrons. The molecule has 0 aliphatic carbocycles. The van der Waals surface area contributed by atoms with Crippen molar-refractivity contribution in [3.05, 3.63) is 77.9 Å². The van der Waals surface area contributed by atoms with E-state index in [0.717, 1.165) is 22.3 Å². The Labute approximate surface area is 202 Å². The standard InChI is InChI=1S/C25H24N2O7S/c1-15-2-4-16(5-3-15)17-7-10-21(11-8-17)35(32,33)26-14-19-12-18-6-9-20(13-22(18)27-19)34-23(24(28)29)25(30)31/h2-11,13,19,23,26-27H,12,14H2,1H3,(H,28,29)(H,30,31). The first-order valence-electron chi connectivity index (χ1n) is 10.8. The Balaban J connectivity index is 1.37. The number of benzene rings is 3. The number of sulfonamides is 1. The second-order valence-corrected chi connectivity index (χ2v) is 10.0. The van der Waals surface area contributed by atoms with Crippen molar-refractivity contribution in [2.24, 2.45) is 0 Å². The molecule has 9 nitrogen and oxygen atoms in total. The number of ether oxygens (including phenoxy) is 1. The molecule has 0 spiro atoms. The molecule has 3 aromatic carbocycles. The first kappa shape index (κ1) is 24.2. The number of carboxylic acids is 2. The monoisotopic (exact) mass is 496 g/mol. The number of hydrogen-bond acceptors (Lipinski definition) is 6. The molecular formula is C25H24N2O7S. The van der Waals surface area contributed by atoms with E-state index >= 15 is 0 Å². The van der Waals surface area contributed by atoms with E-state index in [1.807, 2.05) is 31.2 Å². The molecular weight excluding hydrogens is 472 g/mol. The molecule has 0 fully saturated rings. The summed E-state index contributed by atoms with van der Waals surface area (Å²) < 4.78 is 33.3. The van der Waals surface area contributed by atoms with Crippen LogP contribution < -0.4 is 14.8 Å². The number of rotatable bonds is 9. The minimum Gasteiger partial charge on any atom is -0.478 e. The molecule has 35 heavy (non-hydrogen) atoms. The van der Waals surface area contributed by atoms with Gasteiger partial charge in [0.1, 0.15) is 5.75 Å². The molecule has 4 N–H and O–H groups in total. The Hall–Kier alpha value is -3.89. The normalized spacial score (nSPS) is 14.9. The summed E-state index contributed by atoms with van der Waals surface area (Å²) in [6.07, 6.45) is -1.49. The first-order valence-corrected chi connectivity index (χ1v) is 12.3. The van der Waals surface area contributed by atoms with E-state index in [-0.39, 0.29) is 23.2 Å².